The maximum absolute atomic E-state index is 12.6. The molecule has 3 aromatic carbocycles. The Morgan fingerprint density at radius 1 is 1.06 bits per heavy atom. The molecule has 0 fully saturated rings. The van der Waals surface area contributed by atoms with Crippen LogP contribution in [0.3, 0.4) is 0 Å². The van der Waals surface area contributed by atoms with Gasteiger partial charge < -0.3 is 19.5 Å². The van der Waals surface area contributed by atoms with Crippen LogP contribution in [-0.2, 0) is 11.4 Å². The highest BCUT2D eigenvalue weighted by atomic mass is 79.9. The monoisotopic (exact) mass is 506 g/mol. The molecule has 7 heteroatoms. The molecular weight excluding hydrogens is 484 g/mol. The van der Waals surface area contributed by atoms with Gasteiger partial charge in [0.15, 0.2) is 0 Å². The maximum Gasteiger partial charge on any atom is 0.266 e. The Kier molecular flexibility index (Phi) is 8.50. The van der Waals surface area contributed by atoms with E-state index in [4.69, 9.17) is 14.2 Å². The van der Waals surface area contributed by atoms with Crippen LogP contribution in [0, 0.1) is 11.3 Å². The van der Waals surface area contributed by atoms with Crippen molar-refractivity contribution in [1.29, 1.82) is 5.26 Å². The molecule has 0 aliphatic heterocycles. The van der Waals surface area contributed by atoms with Crippen molar-refractivity contribution >= 4 is 33.6 Å². The molecule has 3 aromatic rings. The molecule has 33 heavy (non-hydrogen) atoms. The normalized spacial score (nSPS) is 10.8. The zero-order valence-electron chi connectivity index (χ0n) is 18.3. The second kappa shape index (κ2) is 11.7. The van der Waals surface area contributed by atoms with Crippen molar-refractivity contribution in [2.45, 2.75) is 13.5 Å². The van der Waals surface area contributed by atoms with Crippen molar-refractivity contribution in [3.63, 3.8) is 0 Å². The number of rotatable bonds is 9. The van der Waals surface area contributed by atoms with Crippen LogP contribution in [0.2, 0.25) is 0 Å². The lowest BCUT2D eigenvalue weighted by molar-refractivity contribution is -0.112. The standard InChI is InChI=1S/C26H23BrN2O4/c1-3-32-24-6-4-5-22(15-24)29-26(30)20(16-28)13-18-7-8-19(25(14-18)31-2)17-33-23-11-9-21(27)10-12-23/h4-15H,3,17H2,1-2H3,(H,29,30)/b20-13+. The van der Waals surface area contributed by atoms with Crippen molar-refractivity contribution < 1.29 is 19.0 Å². The fourth-order valence-electron chi connectivity index (χ4n) is 3.01. The first kappa shape index (κ1) is 23.9. The second-order valence-electron chi connectivity index (χ2n) is 6.90. The van der Waals surface area contributed by atoms with Gasteiger partial charge in [-0.1, -0.05) is 34.1 Å². The summed E-state index contributed by atoms with van der Waals surface area (Å²) in [6.45, 7) is 2.72. The average molecular weight is 507 g/mol. The van der Waals surface area contributed by atoms with Gasteiger partial charge in [-0.2, -0.15) is 5.26 Å². The van der Waals surface area contributed by atoms with E-state index in [-0.39, 0.29) is 5.57 Å². The fourth-order valence-corrected chi connectivity index (χ4v) is 3.27. The summed E-state index contributed by atoms with van der Waals surface area (Å²) in [6.07, 6.45) is 1.52. The lowest BCUT2D eigenvalue weighted by atomic mass is 10.1. The summed E-state index contributed by atoms with van der Waals surface area (Å²) in [7, 11) is 1.56. The minimum atomic E-state index is -0.507. The Morgan fingerprint density at radius 3 is 2.55 bits per heavy atom. The van der Waals surface area contributed by atoms with Crippen LogP contribution < -0.4 is 19.5 Å². The molecule has 0 bridgehead atoms. The van der Waals surface area contributed by atoms with Gasteiger partial charge in [-0.25, -0.2) is 0 Å². The molecule has 168 valence electrons. The van der Waals surface area contributed by atoms with E-state index in [1.807, 2.05) is 49.4 Å². The highest BCUT2D eigenvalue weighted by Gasteiger charge is 2.12. The van der Waals surface area contributed by atoms with Gasteiger partial charge in [0, 0.05) is 21.8 Å². The van der Waals surface area contributed by atoms with Crippen molar-refractivity contribution in [3.05, 3.63) is 87.9 Å². The Hall–Kier alpha value is -3.76. The number of carbonyl (C=O) groups is 1. The number of nitriles is 1. The number of benzene rings is 3. The number of anilines is 1. The molecule has 6 nitrogen and oxygen atoms in total. The molecule has 0 saturated heterocycles. The first-order valence-corrected chi connectivity index (χ1v) is 11.0. The lowest BCUT2D eigenvalue weighted by Crippen LogP contribution is -2.13. The first-order valence-electron chi connectivity index (χ1n) is 10.2. The molecule has 3 rings (SSSR count). The second-order valence-corrected chi connectivity index (χ2v) is 7.81. The van der Waals surface area contributed by atoms with Crippen LogP contribution in [-0.4, -0.2) is 19.6 Å². The number of amides is 1. The number of ether oxygens (including phenoxy) is 3. The van der Waals surface area contributed by atoms with Crippen LogP contribution in [0.25, 0.3) is 6.08 Å². The van der Waals surface area contributed by atoms with Gasteiger partial charge in [-0.05, 0) is 61.0 Å². The minimum Gasteiger partial charge on any atom is -0.496 e. The van der Waals surface area contributed by atoms with Gasteiger partial charge in [-0.15, -0.1) is 0 Å². The SMILES string of the molecule is CCOc1cccc(NC(=O)/C(C#N)=C/c2ccc(COc3ccc(Br)cc3)c(OC)c2)c1. The Balaban J connectivity index is 1.73. The largest absolute Gasteiger partial charge is 0.496 e. The molecule has 0 spiro atoms. The smallest absolute Gasteiger partial charge is 0.266 e. The molecule has 0 atom stereocenters. The highest BCUT2D eigenvalue weighted by Crippen LogP contribution is 2.25. The molecule has 1 amide bonds. The summed E-state index contributed by atoms with van der Waals surface area (Å²) in [5.41, 5.74) is 2.02. The number of carbonyl (C=O) groups excluding carboxylic acids is 1. The van der Waals surface area contributed by atoms with Crippen LogP contribution in [0.1, 0.15) is 18.1 Å². The lowest BCUT2D eigenvalue weighted by Gasteiger charge is -2.11. The van der Waals surface area contributed by atoms with Crippen molar-refractivity contribution in [3.8, 4) is 23.3 Å². The summed E-state index contributed by atoms with van der Waals surface area (Å²) < 4.78 is 17.7. The number of halogens is 1. The minimum absolute atomic E-state index is 0.0299. The van der Waals surface area contributed by atoms with E-state index in [1.165, 1.54) is 6.08 Å². The molecule has 0 aliphatic rings. The molecule has 0 radical (unpaired) electrons. The van der Waals surface area contributed by atoms with E-state index < -0.39 is 5.91 Å². The average Bonchev–Trinajstić information content (AvgIpc) is 2.83. The van der Waals surface area contributed by atoms with E-state index in [9.17, 15) is 10.1 Å². The van der Waals surface area contributed by atoms with E-state index >= 15 is 0 Å². The van der Waals surface area contributed by atoms with Gasteiger partial charge in [-0.3, -0.25) is 4.79 Å². The van der Waals surface area contributed by atoms with Crippen LogP contribution >= 0.6 is 15.9 Å². The quantitative estimate of drug-likeness (QED) is 0.285. The number of hydrogen-bond donors (Lipinski definition) is 1. The first-order chi connectivity index (χ1) is 16.0. The predicted octanol–water partition coefficient (Wildman–Crippen LogP) is 5.98. The number of nitrogens with zero attached hydrogens (tertiary/aromatic N) is 1. The van der Waals surface area contributed by atoms with Crippen LogP contribution in [0.15, 0.2) is 76.8 Å². The fraction of sp³-hybridized carbons (Fsp3) is 0.154. The zero-order valence-corrected chi connectivity index (χ0v) is 19.9. The third kappa shape index (κ3) is 6.86. The topological polar surface area (TPSA) is 80.6 Å². The van der Waals surface area contributed by atoms with Crippen LogP contribution in [0.4, 0.5) is 5.69 Å². The van der Waals surface area contributed by atoms with E-state index in [0.717, 1.165) is 15.8 Å². The Morgan fingerprint density at radius 2 is 1.85 bits per heavy atom. The summed E-state index contributed by atoms with van der Waals surface area (Å²) in [5, 5.41) is 12.3. The summed E-state index contributed by atoms with van der Waals surface area (Å²) in [5.74, 6) is 1.47. The molecule has 0 heterocycles. The van der Waals surface area contributed by atoms with Crippen molar-refractivity contribution in [2.24, 2.45) is 0 Å². The van der Waals surface area contributed by atoms with Gasteiger partial charge >= 0.3 is 0 Å². The van der Waals surface area contributed by atoms with Crippen molar-refractivity contribution in [1.82, 2.24) is 0 Å². The summed E-state index contributed by atoms with van der Waals surface area (Å²) in [6, 6.07) is 22.0. The van der Waals surface area contributed by atoms with Gasteiger partial charge in [0.1, 0.15) is 35.5 Å². The van der Waals surface area contributed by atoms with Gasteiger partial charge in [0.2, 0.25) is 0 Å². The molecule has 0 unspecified atom stereocenters. The summed E-state index contributed by atoms with van der Waals surface area (Å²) in [4.78, 5) is 12.6. The van der Waals surface area contributed by atoms with Gasteiger partial charge in [0.05, 0.1) is 13.7 Å². The molecular formula is C26H23BrN2O4. The predicted molar refractivity (Wildman–Crippen MR) is 131 cm³/mol. The maximum atomic E-state index is 12.6. The molecule has 0 aliphatic carbocycles. The highest BCUT2D eigenvalue weighted by molar-refractivity contribution is 9.10. The van der Waals surface area contributed by atoms with E-state index in [1.54, 1.807) is 37.4 Å². The Bertz CT molecular complexity index is 1180. The summed E-state index contributed by atoms with van der Waals surface area (Å²) >= 11 is 3.40. The number of hydrogen-bond acceptors (Lipinski definition) is 5. The van der Waals surface area contributed by atoms with Crippen LogP contribution in [0.5, 0.6) is 17.2 Å². The van der Waals surface area contributed by atoms with E-state index in [2.05, 4.69) is 21.2 Å². The molecule has 0 saturated carbocycles. The molecule has 1 N–H and O–H groups in total. The Labute approximate surface area is 201 Å². The third-order valence-corrected chi connectivity index (χ3v) is 5.13. The number of methoxy groups -OCH3 is 1. The van der Waals surface area contributed by atoms with Gasteiger partial charge in [0.25, 0.3) is 5.91 Å². The zero-order chi connectivity index (χ0) is 23.6. The van der Waals surface area contributed by atoms with Crippen molar-refractivity contribution in [2.75, 3.05) is 19.0 Å². The molecule has 0 aromatic heterocycles. The number of nitrogens with one attached hydrogen (secondary N) is 1. The third-order valence-electron chi connectivity index (χ3n) is 4.60. The van der Waals surface area contributed by atoms with E-state index in [0.29, 0.717) is 36.0 Å².